The fourth-order valence-electron chi connectivity index (χ4n) is 1.21. The standard InChI is InChI=1S/C9H11F3O4/c1-5(4-8(15)16)6(9(10,11)12)2-3-7(13)14/h4,6H,2-3H2,1H3,(H,13,14)(H,15,16). The summed E-state index contributed by atoms with van der Waals surface area (Å²) in [5, 5.41) is 16.6. The van der Waals surface area contributed by atoms with E-state index >= 15 is 0 Å². The van der Waals surface area contributed by atoms with E-state index in [-0.39, 0.29) is 0 Å². The molecule has 0 heterocycles. The zero-order chi connectivity index (χ0) is 12.9. The molecule has 0 bridgehead atoms. The van der Waals surface area contributed by atoms with Gasteiger partial charge in [0.2, 0.25) is 0 Å². The van der Waals surface area contributed by atoms with Crippen LogP contribution in [0, 0.1) is 5.92 Å². The Kier molecular flexibility index (Phi) is 5.00. The number of hydrogen-bond donors (Lipinski definition) is 2. The normalized spacial score (nSPS) is 14.6. The minimum atomic E-state index is -4.63. The Hall–Kier alpha value is -1.53. The molecule has 0 spiro atoms. The summed E-state index contributed by atoms with van der Waals surface area (Å²) in [5.74, 6) is -4.86. The van der Waals surface area contributed by atoms with E-state index in [2.05, 4.69) is 0 Å². The molecule has 1 atom stereocenters. The van der Waals surface area contributed by atoms with Gasteiger partial charge in [0.05, 0.1) is 5.92 Å². The molecule has 16 heavy (non-hydrogen) atoms. The number of rotatable bonds is 5. The molecule has 7 heteroatoms. The fraction of sp³-hybridized carbons (Fsp3) is 0.556. The van der Waals surface area contributed by atoms with Gasteiger partial charge >= 0.3 is 18.1 Å². The fourth-order valence-corrected chi connectivity index (χ4v) is 1.21. The highest BCUT2D eigenvalue weighted by Gasteiger charge is 2.40. The first-order valence-corrected chi connectivity index (χ1v) is 4.34. The van der Waals surface area contributed by atoms with Crippen molar-refractivity contribution in [3.05, 3.63) is 11.6 Å². The predicted octanol–water partition coefficient (Wildman–Crippen LogP) is 2.06. The van der Waals surface area contributed by atoms with Crippen LogP contribution in [0.3, 0.4) is 0 Å². The van der Waals surface area contributed by atoms with Gasteiger partial charge in [-0.3, -0.25) is 4.79 Å². The number of aliphatic carboxylic acids is 2. The van der Waals surface area contributed by atoms with Crippen LogP contribution in [-0.2, 0) is 9.59 Å². The smallest absolute Gasteiger partial charge is 0.395 e. The van der Waals surface area contributed by atoms with Crippen LogP contribution < -0.4 is 0 Å². The van der Waals surface area contributed by atoms with Crippen molar-refractivity contribution >= 4 is 11.9 Å². The molecule has 0 aliphatic heterocycles. The molecule has 0 radical (unpaired) electrons. The number of allylic oxidation sites excluding steroid dienone is 1. The van der Waals surface area contributed by atoms with E-state index in [4.69, 9.17) is 10.2 Å². The molecule has 0 aliphatic carbocycles. The van der Waals surface area contributed by atoms with Gasteiger partial charge in [0.15, 0.2) is 0 Å². The maximum Gasteiger partial charge on any atom is 0.395 e. The van der Waals surface area contributed by atoms with Crippen LogP contribution in [-0.4, -0.2) is 28.3 Å². The molecule has 0 amide bonds. The highest BCUT2D eigenvalue weighted by Crippen LogP contribution is 2.35. The van der Waals surface area contributed by atoms with Crippen molar-refractivity contribution in [1.82, 2.24) is 0 Å². The molecule has 0 aliphatic rings. The van der Waals surface area contributed by atoms with Gasteiger partial charge in [0.1, 0.15) is 0 Å². The molecule has 0 rings (SSSR count). The summed E-state index contributed by atoms with van der Waals surface area (Å²) >= 11 is 0. The first-order valence-electron chi connectivity index (χ1n) is 4.34. The summed E-state index contributed by atoms with van der Waals surface area (Å²) in [4.78, 5) is 20.4. The van der Waals surface area contributed by atoms with Crippen LogP contribution >= 0.6 is 0 Å². The second kappa shape index (κ2) is 5.53. The molecule has 0 saturated carbocycles. The Morgan fingerprint density at radius 3 is 2.12 bits per heavy atom. The van der Waals surface area contributed by atoms with Crippen molar-refractivity contribution in [3.63, 3.8) is 0 Å². The summed E-state index contributed by atoms with van der Waals surface area (Å²) in [5.41, 5.74) is -0.402. The highest BCUT2D eigenvalue weighted by molar-refractivity contribution is 5.80. The van der Waals surface area contributed by atoms with E-state index < -0.39 is 42.4 Å². The first-order chi connectivity index (χ1) is 7.14. The maximum absolute atomic E-state index is 12.4. The van der Waals surface area contributed by atoms with E-state index in [1.807, 2.05) is 0 Å². The Morgan fingerprint density at radius 2 is 1.81 bits per heavy atom. The molecule has 92 valence electrons. The van der Waals surface area contributed by atoms with Gasteiger partial charge in [-0.2, -0.15) is 13.2 Å². The summed E-state index contributed by atoms with van der Waals surface area (Å²) < 4.78 is 37.3. The molecule has 0 aromatic heterocycles. The third kappa shape index (κ3) is 5.38. The zero-order valence-corrected chi connectivity index (χ0v) is 8.41. The van der Waals surface area contributed by atoms with Gasteiger partial charge < -0.3 is 10.2 Å². The SMILES string of the molecule is CC(=CC(=O)O)C(CCC(=O)O)C(F)(F)F. The number of hydrogen-bond acceptors (Lipinski definition) is 2. The van der Waals surface area contributed by atoms with Gasteiger partial charge in [-0.25, -0.2) is 4.79 Å². The van der Waals surface area contributed by atoms with Gasteiger partial charge in [-0.1, -0.05) is 5.57 Å². The Balaban J connectivity index is 4.81. The van der Waals surface area contributed by atoms with Crippen molar-refractivity contribution in [2.75, 3.05) is 0 Å². The van der Waals surface area contributed by atoms with Crippen molar-refractivity contribution < 1.29 is 33.0 Å². The molecule has 0 aromatic rings. The van der Waals surface area contributed by atoms with E-state index in [1.54, 1.807) is 0 Å². The molecule has 0 fully saturated rings. The van der Waals surface area contributed by atoms with E-state index in [1.165, 1.54) is 0 Å². The van der Waals surface area contributed by atoms with Crippen molar-refractivity contribution in [2.45, 2.75) is 25.9 Å². The Morgan fingerprint density at radius 1 is 1.31 bits per heavy atom. The van der Waals surface area contributed by atoms with Crippen LogP contribution in [0.25, 0.3) is 0 Å². The second-order valence-electron chi connectivity index (χ2n) is 3.25. The molecular weight excluding hydrogens is 229 g/mol. The lowest BCUT2D eigenvalue weighted by molar-refractivity contribution is -0.167. The van der Waals surface area contributed by atoms with Crippen molar-refractivity contribution in [1.29, 1.82) is 0 Å². The maximum atomic E-state index is 12.4. The Labute approximate surface area is 89.4 Å². The largest absolute Gasteiger partial charge is 0.481 e. The van der Waals surface area contributed by atoms with Gasteiger partial charge in [0, 0.05) is 12.5 Å². The summed E-state index contributed by atoms with van der Waals surface area (Å²) in [6.07, 6.45) is -5.51. The third-order valence-corrected chi connectivity index (χ3v) is 1.94. The summed E-state index contributed by atoms with van der Waals surface area (Å²) in [6.45, 7) is 1.02. The third-order valence-electron chi connectivity index (χ3n) is 1.94. The average molecular weight is 240 g/mol. The number of carboxylic acids is 2. The van der Waals surface area contributed by atoms with Gasteiger partial charge in [-0.15, -0.1) is 0 Å². The molecule has 0 saturated heterocycles. The van der Waals surface area contributed by atoms with Crippen LogP contribution in [0.5, 0.6) is 0 Å². The Bertz CT molecular complexity index is 306. The molecule has 2 N–H and O–H groups in total. The zero-order valence-electron chi connectivity index (χ0n) is 8.41. The molecule has 4 nitrogen and oxygen atoms in total. The second-order valence-corrected chi connectivity index (χ2v) is 3.25. The number of halogens is 3. The summed E-state index contributed by atoms with van der Waals surface area (Å²) in [7, 11) is 0. The predicted molar refractivity (Wildman–Crippen MR) is 47.8 cm³/mol. The van der Waals surface area contributed by atoms with Crippen LogP contribution in [0.15, 0.2) is 11.6 Å². The lowest BCUT2D eigenvalue weighted by atomic mass is 9.94. The topological polar surface area (TPSA) is 74.6 Å². The summed E-state index contributed by atoms with van der Waals surface area (Å²) in [6, 6.07) is 0. The monoisotopic (exact) mass is 240 g/mol. The minimum Gasteiger partial charge on any atom is -0.481 e. The van der Waals surface area contributed by atoms with E-state index in [9.17, 15) is 22.8 Å². The number of alkyl halides is 3. The van der Waals surface area contributed by atoms with E-state index in [0.717, 1.165) is 6.92 Å². The molecule has 0 aromatic carbocycles. The van der Waals surface area contributed by atoms with Crippen molar-refractivity contribution in [3.8, 4) is 0 Å². The number of carbonyl (C=O) groups is 2. The lowest BCUT2D eigenvalue weighted by Gasteiger charge is -2.19. The van der Waals surface area contributed by atoms with Gasteiger partial charge in [0.25, 0.3) is 0 Å². The van der Waals surface area contributed by atoms with Crippen molar-refractivity contribution in [2.24, 2.45) is 5.92 Å². The van der Waals surface area contributed by atoms with Crippen LogP contribution in [0.4, 0.5) is 13.2 Å². The lowest BCUT2D eigenvalue weighted by Crippen LogP contribution is -2.25. The minimum absolute atomic E-state index is 0.402. The quantitative estimate of drug-likeness (QED) is 0.721. The van der Waals surface area contributed by atoms with Crippen LogP contribution in [0.1, 0.15) is 19.8 Å². The highest BCUT2D eigenvalue weighted by atomic mass is 19.4. The van der Waals surface area contributed by atoms with E-state index in [0.29, 0.717) is 6.08 Å². The first kappa shape index (κ1) is 14.5. The molecule has 1 unspecified atom stereocenters. The van der Waals surface area contributed by atoms with Gasteiger partial charge in [-0.05, 0) is 13.3 Å². The average Bonchev–Trinajstić information content (AvgIpc) is 1.98. The van der Waals surface area contributed by atoms with Crippen LogP contribution in [0.2, 0.25) is 0 Å². The molecular formula is C9H11F3O4. The number of carboxylic acid groups (broad SMARTS) is 2.